The van der Waals surface area contributed by atoms with E-state index in [4.69, 9.17) is 5.11 Å². The number of nitrogens with one attached hydrogen (secondary N) is 3. The van der Waals surface area contributed by atoms with Crippen LogP contribution >= 0.6 is 11.8 Å². The highest BCUT2D eigenvalue weighted by molar-refractivity contribution is 7.99. The van der Waals surface area contributed by atoms with E-state index >= 15 is 0 Å². The molecule has 1 aromatic heterocycles. The maximum atomic E-state index is 11.8. The molecule has 0 aromatic carbocycles. The second-order valence-corrected chi connectivity index (χ2v) is 5.90. The Morgan fingerprint density at radius 1 is 1.50 bits per heavy atom. The summed E-state index contributed by atoms with van der Waals surface area (Å²) in [6.45, 7) is 0. The zero-order valence-corrected chi connectivity index (χ0v) is 11.8. The lowest BCUT2D eigenvalue weighted by molar-refractivity contribution is -0.139. The fourth-order valence-corrected chi connectivity index (χ4v) is 3.15. The van der Waals surface area contributed by atoms with Crippen LogP contribution in [0, 0.1) is 0 Å². The van der Waals surface area contributed by atoms with Crippen molar-refractivity contribution >= 4 is 23.8 Å². The number of amides is 2. The molecule has 0 aliphatic carbocycles. The van der Waals surface area contributed by atoms with Crippen LogP contribution in [-0.2, 0) is 11.2 Å². The van der Waals surface area contributed by atoms with Gasteiger partial charge in [-0.2, -0.15) is 11.8 Å². The Bertz CT molecular complexity index is 446. The Morgan fingerprint density at radius 3 is 2.85 bits per heavy atom. The van der Waals surface area contributed by atoms with E-state index in [1.807, 2.05) is 11.8 Å². The van der Waals surface area contributed by atoms with E-state index in [2.05, 4.69) is 20.6 Å². The molecule has 20 heavy (non-hydrogen) atoms. The Balaban J connectivity index is 1.83. The predicted molar refractivity (Wildman–Crippen MR) is 75.7 cm³/mol. The number of hydrogen-bond acceptors (Lipinski definition) is 4. The van der Waals surface area contributed by atoms with Crippen LogP contribution in [0.5, 0.6) is 0 Å². The molecule has 0 unspecified atom stereocenters. The first-order valence-corrected chi connectivity index (χ1v) is 7.65. The summed E-state index contributed by atoms with van der Waals surface area (Å²) in [5, 5.41) is 14.5. The zero-order chi connectivity index (χ0) is 14.4. The maximum absolute atomic E-state index is 11.8. The van der Waals surface area contributed by atoms with Crippen molar-refractivity contribution in [3.8, 4) is 0 Å². The molecule has 0 saturated carbocycles. The molecule has 1 saturated heterocycles. The van der Waals surface area contributed by atoms with Gasteiger partial charge in [0.1, 0.15) is 6.04 Å². The zero-order valence-electron chi connectivity index (χ0n) is 11.0. The van der Waals surface area contributed by atoms with Crippen molar-refractivity contribution in [2.24, 2.45) is 0 Å². The highest BCUT2D eigenvalue weighted by atomic mass is 32.2. The maximum Gasteiger partial charge on any atom is 0.326 e. The minimum atomic E-state index is -1.06. The Kier molecular flexibility index (Phi) is 5.28. The van der Waals surface area contributed by atoms with Crippen molar-refractivity contribution in [1.82, 2.24) is 20.6 Å². The van der Waals surface area contributed by atoms with Crippen LogP contribution in [-0.4, -0.2) is 50.7 Å². The van der Waals surface area contributed by atoms with Gasteiger partial charge in [-0.3, -0.25) is 0 Å². The molecule has 2 amide bonds. The summed E-state index contributed by atoms with van der Waals surface area (Å²) in [5.74, 6) is 0.997. The van der Waals surface area contributed by atoms with Crippen LogP contribution in [0.1, 0.15) is 18.5 Å². The van der Waals surface area contributed by atoms with Crippen molar-refractivity contribution < 1.29 is 14.7 Å². The van der Waals surface area contributed by atoms with Gasteiger partial charge >= 0.3 is 12.0 Å². The number of urea groups is 1. The van der Waals surface area contributed by atoms with Gasteiger partial charge in [-0.05, 0) is 24.3 Å². The van der Waals surface area contributed by atoms with Crippen molar-refractivity contribution in [3.05, 3.63) is 18.2 Å². The summed E-state index contributed by atoms with van der Waals surface area (Å²) in [6.07, 6.45) is 5.07. The number of carbonyl (C=O) groups excluding carboxylic acids is 1. The minimum absolute atomic E-state index is 0.137. The van der Waals surface area contributed by atoms with E-state index in [1.165, 1.54) is 6.33 Å². The molecule has 0 bridgehead atoms. The monoisotopic (exact) mass is 298 g/mol. The molecular formula is C12H18N4O3S. The van der Waals surface area contributed by atoms with Gasteiger partial charge in [0.05, 0.1) is 6.33 Å². The first-order chi connectivity index (χ1) is 9.65. The molecule has 1 aliphatic heterocycles. The van der Waals surface area contributed by atoms with Gasteiger partial charge in [0, 0.05) is 24.4 Å². The van der Waals surface area contributed by atoms with Gasteiger partial charge in [-0.15, -0.1) is 0 Å². The highest BCUT2D eigenvalue weighted by Gasteiger charge is 2.23. The van der Waals surface area contributed by atoms with Gasteiger partial charge in [0.25, 0.3) is 0 Å². The summed E-state index contributed by atoms with van der Waals surface area (Å²) in [4.78, 5) is 29.7. The lowest BCUT2D eigenvalue weighted by atomic mass is 10.1. The van der Waals surface area contributed by atoms with E-state index in [9.17, 15) is 9.59 Å². The molecule has 0 radical (unpaired) electrons. The average Bonchev–Trinajstić information content (AvgIpc) is 2.92. The fourth-order valence-electron chi connectivity index (χ4n) is 2.04. The molecule has 7 nitrogen and oxygen atoms in total. The van der Waals surface area contributed by atoms with Gasteiger partial charge in [0.15, 0.2) is 0 Å². The molecule has 8 heteroatoms. The minimum Gasteiger partial charge on any atom is -0.480 e. The number of carboxylic acids is 1. The van der Waals surface area contributed by atoms with Gasteiger partial charge in [-0.25, -0.2) is 14.6 Å². The van der Waals surface area contributed by atoms with Gasteiger partial charge in [-0.1, -0.05) is 0 Å². The molecule has 4 N–H and O–H groups in total. The van der Waals surface area contributed by atoms with Crippen LogP contribution in [0.15, 0.2) is 12.5 Å². The molecule has 2 rings (SSSR count). The van der Waals surface area contributed by atoms with Crippen molar-refractivity contribution in [1.29, 1.82) is 0 Å². The second kappa shape index (κ2) is 7.18. The van der Waals surface area contributed by atoms with Crippen LogP contribution in [0.4, 0.5) is 4.79 Å². The normalized spacial score (nSPS) is 17.4. The average molecular weight is 298 g/mol. The van der Waals surface area contributed by atoms with E-state index in [0.717, 1.165) is 24.3 Å². The topological polar surface area (TPSA) is 107 Å². The SMILES string of the molecule is O=C(NC1CCSCC1)N[C@H](Cc1cnc[nH]1)C(=O)O. The number of H-pyrrole nitrogens is 1. The molecular weight excluding hydrogens is 280 g/mol. The lowest BCUT2D eigenvalue weighted by Gasteiger charge is -2.23. The lowest BCUT2D eigenvalue weighted by Crippen LogP contribution is -2.50. The number of hydrogen-bond donors (Lipinski definition) is 4. The van der Waals surface area contributed by atoms with Crippen molar-refractivity contribution in [2.75, 3.05) is 11.5 Å². The number of carbonyl (C=O) groups is 2. The van der Waals surface area contributed by atoms with Gasteiger partial charge < -0.3 is 20.7 Å². The number of aromatic nitrogens is 2. The van der Waals surface area contributed by atoms with E-state index < -0.39 is 18.0 Å². The van der Waals surface area contributed by atoms with Crippen LogP contribution in [0.3, 0.4) is 0 Å². The van der Waals surface area contributed by atoms with E-state index in [-0.39, 0.29) is 12.5 Å². The van der Waals surface area contributed by atoms with Crippen LogP contribution < -0.4 is 10.6 Å². The van der Waals surface area contributed by atoms with Crippen molar-refractivity contribution in [2.45, 2.75) is 31.3 Å². The second-order valence-electron chi connectivity index (χ2n) is 4.68. The fraction of sp³-hybridized carbons (Fsp3) is 0.583. The van der Waals surface area contributed by atoms with E-state index in [1.54, 1.807) is 6.20 Å². The Morgan fingerprint density at radius 2 is 2.25 bits per heavy atom. The third-order valence-electron chi connectivity index (χ3n) is 3.14. The number of nitrogens with zero attached hydrogens (tertiary/aromatic N) is 1. The van der Waals surface area contributed by atoms with Crippen molar-refractivity contribution in [3.63, 3.8) is 0 Å². The third-order valence-corrected chi connectivity index (χ3v) is 4.19. The Hall–Kier alpha value is -1.70. The molecule has 1 atom stereocenters. The number of aromatic amines is 1. The number of carboxylic acid groups (broad SMARTS) is 1. The molecule has 110 valence electrons. The summed E-state index contributed by atoms with van der Waals surface area (Å²) in [7, 11) is 0. The number of rotatable bonds is 5. The molecule has 2 heterocycles. The molecule has 1 aromatic rings. The largest absolute Gasteiger partial charge is 0.480 e. The first-order valence-electron chi connectivity index (χ1n) is 6.50. The molecule has 1 fully saturated rings. The smallest absolute Gasteiger partial charge is 0.326 e. The Labute approximate surface area is 120 Å². The number of thioether (sulfide) groups is 1. The van der Waals surface area contributed by atoms with Crippen LogP contribution in [0.2, 0.25) is 0 Å². The third kappa shape index (κ3) is 4.44. The number of aliphatic carboxylic acids is 1. The number of imidazole rings is 1. The summed E-state index contributed by atoms with van der Waals surface area (Å²) < 4.78 is 0. The van der Waals surface area contributed by atoms with Gasteiger partial charge in [0.2, 0.25) is 0 Å². The predicted octanol–water partition coefficient (Wildman–Crippen LogP) is 0.600. The summed E-state index contributed by atoms with van der Waals surface area (Å²) >= 11 is 1.87. The quantitative estimate of drug-likeness (QED) is 0.637. The summed E-state index contributed by atoms with van der Waals surface area (Å²) in [6, 6.07) is -1.25. The first kappa shape index (κ1) is 14.7. The van der Waals surface area contributed by atoms with Crippen LogP contribution in [0.25, 0.3) is 0 Å². The van der Waals surface area contributed by atoms with E-state index in [0.29, 0.717) is 5.69 Å². The molecule has 0 spiro atoms. The molecule has 1 aliphatic rings. The summed E-state index contributed by atoms with van der Waals surface area (Å²) in [5.41, 5.74) is 0.673. The highest BCUT2D eigenvalue weighted by Crippen LogP contribution is 2.16. The standard InChI is InChI=1S/C12H18N4O3S/c17-11(18)10(5-9-6-13-7-14-9)16-12(19)15-8-1-3-20-4-2-8/h6-8,10H,1-5H2,(H,13,14)(H,17,18)(H2,15,16,19)/t10-/m1/s1.